The number of nitrogens with zero attached hydrogens (tertiary/aromatic N) is 2. The van der Waals surface area contributed by atoms with Gasteiger partial charge in [0.1, 0.15) is 10.6 Å². The summed E-state index contributed by atoms with van der Waals surface area (Å²) in [6.07, 6.45) is 0.869. The number of ether oxygens (including phenoxy) is 1. The van der Waals surface area contributed by atoms with Crippen LogP contribution in [0.3, 0.4) is 0 Å². The molecule has 7 nitrogen and oxygen atoms in total. The summed E-state index contributed by atoms with van der Waals surface area (Å²) in [5.41, 5.74) is 0. The van der Waals surface area contributed by atoms with Crippen LogP contribution in [0.4, 0.5) is 4.79 Å². The van der Waals surface area contributed by atoms with Gasteiger partial charge in [-0.05, 0) is 18.6 Å². The number of para-hydroxylation sites is 1. The smallest absolute Gasteiger partial charge is 0.317 e. The standard InChI is InChI=1S/C15H23N3O4S/c1-3-8-16-15(19)17-9-11-18(12-10-17)23(20,21)14-7-5-4-6-13(14)22-2/h4-7H,3,8-12H2,1-2H3,(H,16,19). The second-order valence-corrected chi connectivity index (χ2v) is 7.18. The minimum atomic E-state index is -3.62. The fraction of sp³-hybridized carbons (Fsp3) is 0.533. The third kappa shape index (κ3) is 3.94. The molecule has 0 saturated carbocycles. The van der Waals surface area contributed by atoms with Crippen molar-refractivity contribution in [1.82, 2.24) is 14.5 Å². The number of piperazine rings is 1. The molecule has 1 N–H and O–H groups in total. The van der Waals surface area contributed by atoms with Gasteiger partial charge in [-0.25, -0.2) is 13.2 Å². The van der Waals surface area contributed by atoms with Gasteiger partial charge in [-0.3, -0.25) is 0 Å². The van der Waals surface area contributed by atoms with Gasteiger partial charge in [0.15, 0.2) is 0 Å². The number of sulfonamides is 1. The molecule has 1 aliphatic rings. The SMILES string of the molecule is CCCNC(=O)N1CCN(S(=O)(=O)c2ccccc2OC)CC1. The molecular weight excluding hydrogens is 318 g/mol. The lowest BCUT2D eigenvalue weighted by Gasteiger charge is -2.34. The zero-order valence-electron chi connectivity index (χ0n) is 13.5. The molecular formula is C15H23N3O4S. The molecule has 1 aromatic carbocycles. The Bertz CT molecular complexity index is 640. The van der Waals surface area contributed by atoms with Gasteiger partial charge in [-0.1, -0.05) is 19.1 Å². The van der Waals surface area contributed by atoms with Crippen molar-refractivity contribution < 1.29 is 17.9 Å². The number of carbonyl (C=O) groups excluding carboxylic acids is 1. The molecule has 1 saturated heterocycles. The Hall–Kier alpha value is -1.80. The summed E-state index contributed by atoms with van der Waals surface area (Å²) in [6.45, 7) is 3.92. The van der Waals surface area contributed by atoms with E-state index in [9.17, 15) is 13.2 Å². The van der Waals surface area contributed by atoms with Crippen molar-refractivity contribution >= 4 is 16.1 Å². The van der Waals surface area contributed by atoms with E-state index in [-0.39, 0.29) is 24.0 Å². The molecule has 23 heavy (non-hydrogen) atoms. The summed E-state index contributed by atoms with van der Waals surface area (Å²) in [6, 6.07) is 6.43. The van der Waals surface area contributed by atoms with Gasteiger partial charge in [-0.15, -0.1) is 0 Å². The second kappa shape index (κ2) is 7.65. The first-order valence-corrected chi connectivity index (χ1v) is 9.10. The Morgan fingerprint density at radius 1 is 1.22 bits per heavy atom. The largest absolute Gasteiger partial charge is 0.495 e. The van der Waals surface area contributed by atoms with Crippen molar-refractivity contribution in [2.24, 2.45) is 0 Å². The zero-order valence-corrected chi connectivity index (χ0v) is 14.3. The molecule has 2 amide bonds. The Morgan fingerprint density at radius 2 is 1.87 bits per heavy atom. The van der Waals surface area contributed by atoms with Gasteiger partial charge in [0.25, 0.3) is 0 Å². The van der Waals surface area contributed by atoms with Gasteiger partial charge < -0.3 is 15.0 Å². The van der Waals surface area contributed by atoms with E-state index >= 15 is 0 Å². The summed E-state index contributed by atoms with van der Waals surface area (Å²) in [5, 5.41) is 2.80. The van der Waals surface area contributed by atoms with E-state index in [0.29, 0.717) is 25.4 Å². The fourth-order valence-corrected chi connectivity index (χ4v) is 4.02. The third-order valence-corrected chi connectivity index (χ3v) is 5.68. The van der Waals surface area contributed by atoms with Crippen molar-refractivity contribution in [1.29, 1.82) is 0 Å². The monoisotopic (exact) mass is 341 g/mol. The highest BCUT2D eigenvalue weighted by Crippen LogP contribution is 2.26. The highest BCUT2D eigenvalue weighted by atomic mass is 32.2. The molecule has 128 valence electrons. The zero-order chi connectivity index (χ0) is 16.9. The molecule has 1 aliphatic heterocycles. The number of urea groups is 1. The number of nitrogens with one attached hydrogen (secondary N) is 1. The summed E-state index contributed by atoms with van der Waals surface area (Å²) in [4.78, 5) is 13.7. The van der Waals surface area contributed by atoms with Crippen LogP contribution in [0.2, 0.25) is 0 Å². The molecule has 0 aromatic heterocycles. The van der Waals surface area contributed by atoms with Gasteiger partial charge >= 0.3 is 6.03 Å². The van der Waals surface area contributed by atoms with E-state index < -0.39 is 10.0 Å². The minimum absolute atomic E-state index is 0.138. The third-order valence-electron chi connectivity index (χ3n) is 3.74. The molecule has 0 bridgehead atoms. The first-order chi connectivity index (χ1) is 11.0. The molecule has 8 heteroatoms. The molecule has 0 radical (unpaired) electrons. The van der Waals surface area contributed by atoms with Crippen LogP contribution in [-0.2, 0) is 10.0 Å². The maximum atomic E-state index is 12.7. The van der Waals surface area contributed by atoms with Crippen LogP contribution in [0.15, 0.2) is 29.2 Å². The Labute approximate surface area is 137 Å². The van der Waals surface area contributed by atoms with Gasteiger partial charge in [0.05, 0.1) is 7.11 Å². The van der Waals surface area contributed by atoms with Gasteiger partial charge in [0.2, 0.25) is 10.0 Å². The average Bonchev–Trinajstić information content (AvgIpc) is 2.59. The molecule has 2 rings (SSSR count). The van der Waals surface area contributed by atoms with E-state index in [0.717, 1.165) is 6.42 Å². The first-order valence-electron chi connectivity index (χ1n) is 7.66. The molecule has 1 heterocycles. The van der Waals surface area contributed by atoms with E-state index in [1.807, 2.05) is 6.92 Å². The van der Waals surface area contributed by atoms with Crippen molar-refractivity contribution in [3.05, 3.63) is 24.3 Å². The summed E-state index contributed by atoms with van der Waals surface area (Å²) < 4.78 is 32.0. The van der Waals surface area contributed by atoms with Crippen LogP contribution in [0, 0.1) is 0 Å². The Kier molecular flexibility index (Phi) is 5.84. The average molecular weight is 341 g/mol. The summed E-state index contributed by atoms with van der Waals surface area (Å²) in [5.74, 6) is 0.329. The predicted molar refractivity (Wildman–Crippen MR) is 87.0 cm³/mol. The second-order valence-electron chi connectivity index (χ2n) is 5.27. The van der Waals surface area contributed by atoms with Crippen LogP contribution < -0.4 is 10.1 Å². The number of hydrogen-bond donors (Lipinski definition) is 1. The maximum Gasteiger partial charge on any atom is 0.317 e. The lowest BCUT2D eigenvalue weighted by molar-refractivity contribution is 0.172. The predicted octanol–water partition coefficient (Wildman–Crippen LogP) is 1.12. The maximum absolute atomic E-state index is 12.7. The van der Waals surface area contributed by atoms with Gasteiger partial charge in [0, 0.05) is 32.7 Å². The van der Waals surface area contributed by atoms with Crippen LogP contribution in [0.25, 0.3) is 0 Å². The Morgan fingerprint density at radius 3 is 2.48 bits per heavy atom. The van der Waals surface area contributed by atoms with Crippen molar-refractivity contribution in [3.8, 4) is 5.75 Å². The number of methoxy groups -OCH3 is 1. The normalized spacial score (nSPS) is 16.2. The Balaban J connectivity index is 2.05. The highest BCUT2D eigenvalue weighted by molar-refractivity contribution is 7.89. The van der Waals surface area contributed by atoms with Crippen LogP contribution in [0.5, 0.6) is 5.75 Å². The van der Waals surface area contributed by atoms with Crippen LogP contribution >= 0.6 is 0 Å². The summed E-state index contributed by atoms with van der Waals surface area (Å²) in [7, 11) is -2.17. The van der Waals surface area contributed by atoms with Crippen molar-refractivity contribution in [2.75, 3.05) is 39.8 Å². The number of amides is 2. The number of rotatable bonds is 5. The minimum Gasteiger partial charge on any atom is -0.495 e. The fourth-order valence-electron chi connectivity index (χ4n) is 2.45. The lowest BCUT2D eigenvalue weighted by atomic mass is 10.3. The number of benzene rings is 1. The number of carbonyl (C=O) groups is 1. The van der Waals surface area contributed by atoms with Crippen LogP contribution in [-0.4, -0.2) is 63.5 Å². The topological polar surface area (TPSA) is 79.0 Å². The molecule has 0 atom stereocenters. The van der Waals surface area contributed by atoms with Crippen molar-refractivity contribution in [3.63, 3.8) is 0 Å². The summed E-state index contributed by atoms with van der Waals surface area (Å²) >= 11 is 0. The molecule has 0 aliphatic carbocycles. The molecule has 0 unspecified atom stereocenters. The first kappa shape index (κ1) is 17.6. The van der Waals surface area contributed by atoms with E-state index in [1.165, 1.54) is 17.5 Å². The van der Waals surface area contributed by atoms with Crippen molar-refractivity contribution in [2.45, 2.75) is 18.2 Å². The molecule has 1 fully saturated rings. The molecule has 0 spiro atoms. The highest BCUT2D eigenvalue weighted by Gasteiger charge is 2.31. The van der Waals surface area contributed by atoms with E-state index in [4.69, 9.17) is 4.74 Å². The van der Waals surface area contributed by atoms with E-state index in [1.54, 1.807) is 23.1 Å². The lowest BCUT2D eigenvalue weighted by Crippen LogP contribution is -2.53. The quantitative estimate of drug-likeness (QED) is 0.870. The van der Waals surface area contributed by atoms with Crippen LogP contribution in [0.1, 0.15) is 13.3 Å². The van der Waals surface area contributed by atoms with Gasteiger partial charge in [-0.2, -0.15) is 4.31 Å². The van der Waals surface area contributed by atoms with E-state index in [2.05, 4.69) is 5.32 Å². The number of hydrogen-bond acceptors (Lipinski definition) is 4. The molecule has 1 aromatic rings.